The predicted molar refractivity (Wildman–Crippen MR) is 178 cm³/mol. The van der Waals surface area contributed by atoms with Crippen molar-refractivity contribution in [2.24, 2.45) is 0 Å². The summed E-state index contributed by atoms with van der Waals surface area (Å²) < 4.78 is 10.6. The maximum atomic E-state index is 6.47. The van der Waals surface area contributed by atoms with E-state index in [-0.39, 0.29) is 25.8 Å². The van der Waals surface area contributed by atoms with Crippen LogP contribution < -0.4 is 4.74 Å². The third-order valence-electron chi connectivity index (χ3n) is 8.17. The van der Waals surface area contributed by atoms with Crippen LogP contribution >= 0.6 is 0 Å². The molecule has 0 bridgehead atoms. The third kappa shape index (κ3) is 5.61. The van der Waals surface area contributed by atoms with Crippen LogP contribution in [0.1, 0.15) is 43.3 Å². The normalized spacial score (nSPS) is 11.6. The first kappa shape index (κ1) is 30.5. The summed E-state index contributed by atoms with van der Waals surface area (Å²) in [4.78, 5) is 4.79. The monoisotopic (exact) mass is 680 g/mol. The molecule has 0 aliphatic carbocycles. The number of ether oxygens (including phenoxy) is 1. The topological polar surface area (TPSA) is 44.9 Å². The van der Waals surface area contributed by atoms with Gasteiger partial charge in [-0.05, 0) is 59.7 Å². The first-order valence-corrected chi connectivity index (χ1v) is 14.9. The van der Waals surface area contributed by atoms with E-state index in [1.807, 2.05) is 36.0 Å². The molecule has 0 radical (unpaired) electrons. The Bertz CT molecular complexity index is 2170. The van der Waals surface area contributed by atoms with Gasteiger partial charge < -0.3 is 9.30 Å². The Morgan fingerprint density at radius 3 is 2.29 bits per heavy atom. The van der Waals surface area contributed by atoms with Gasteiger partial charge in [0, 0.05) is 34.5 Å². The second kappa shape index (κ2) is 11.8. The summed E-state index contributed by atoms with van der Waals surface area (Å²) in [6, 6.07) is 38.3. The first-order valence-electron chi connectivity index (χ1n) is 14.9. The zero-order valence-electron chi connectivity index (χ0n) is 26.3. The van der Waals surface area contributed by atoms with Gasteiger partial charge in [0.25, 0.3) is 0 Å². The molecule has 0 saturated heterocycles. The Hall–Kier alpha value is -4.50. The second-order valence-electron chi connectivity index (χ2n) is 12.4. The van der Waals surface area contributed by atoms with Crippen LogP contribution in [0.25, 0.3) is 44.4 Å². The fourth-order valence-electron chi connectivity index (χ4n) is 6.03. The van der Waals surface area contributed by atoms with Gasteiger partial charge in [-0.25, -0.2) is 4.98 Å². The van der Waals surface area contributed by atoms with Crippen molar-refractivity contribution in [2.45, 2.75) is 47.0 Å². The zero-order valence-corrected chi connectivity index (χ0v) is 27.8. The summed E-state index contributed by atoms with van der Waals surface area (Å²) >= 11 is 0. The fourth-order valence-corrected chi connectivity index (χ4v) is 6.03. The summed E-state index contributed by atoms with van der Waals surface area (Å²) in [5, 5.41) is 7.14. The van der Waals surface area contributed by atoms with E-state index in [0.717, 1.165) is 61.4 Å². The van der Waals surface area contributed by atoms with E-state index in [2.05, 4.69) is 124 Å². The molecule has 0 aliphatic rings. The molecule has 0 amide bonds. The Morgan fingerprint density at radius 2 is 1.51 bits per heavy atom. The molecule has 0 N–H and O–H groups in total. The SMILES string of the molecule is Cc1cc(Oc2[c-]c3c(cc2)c2ccccc2n3-c2cc(C(C)(C)C)ccn2)[c-]c(-n2nc(C)c(-c3ccccc3)c2C)c1.[Pd+2]. The molecular formula is C39H34N4OPd. The Labute approximate surface area is 278 Å². The number of rotatable bonds is 5. The van der Waals surface area contributed by atoms with E-state index < -0.39 is 0 Å². The van der Waals surface area contributed by atoms with Gasteiger partial charge in [0.15, 0.2) is 0 Å². The van der Waals surface area contributed by atoms with Crippen LogP contribution in [0.4, 0.5) is 0 Å². The maximum absolute atomic E-state index is 6.47. The summed E-state index contributed by atoms with van der Waals surface area (Å²) in [6.07, 6.45) is 1.89. The number of hydrogen-bond donors (Lipinski definition) is 0. The molecule has 5 nitrogen and oxygen atoms in total. The Morgan fingerprint density at radius 1 is 0.756 bits per heavy atom. The number of aryl methyl sites for hydroxylation is 2. The first-order chi connectivity index (χ1) is 21.2. The summed E-state index contributed by atoms with van der Waals surface area (Å²) in [5.74, 6) is 2.08. The van der Waals surface area contributed by atoms with Crippen molar-refractivity contribution in [3.8, 4) is 34.1 Å². The number of fused-ring (bicyclic) bond motifs is 3. The molecule has 0 saturated carbocycles. The van der Waals surface area contributed by atoms with Gasteiger partial charge in [-0.2, -0.15) is 16.7 Å². The molecule has 7 rings (SSSR count). The second-order valence-corrected chi connectivity index (χ2v) is 12.4. The number of pyridine rings is 1. The summed E-state index contributed by atoms with van der Waals surface area (Å²) in [7, 11) is 0. The minimum Gasteiger partial charge on any atom is -0.509 e. The van der Waals surface area contributed by atoms with Crippen LogP contribution in [0.2, 0.25) is 0 Å². The quantitative estimate of drug-likeness (QED) is 0.134. The number of benzene rings is 4. The van der Waals surface area contributed by atoms with Gasteiger partial charge in [0.05, 0.1) is 5.69 Å². The fraction of sp³-hybridized carbons (Fsp3) is 0.179. The maximum Gasteiger partial charge on any atom is 2.00 e. The minimum absolute atomic E-state index is 0. The van der Waals surface area contributed by atoms with Crippen molar-refractivity contribution in [3.63, 3.8) is 0 Å². The molecule has 4 aromatic carbocycles. The van der Waals surface area contributed by atoms with Gasteiger partial charge in [-0.15, -0.1) is 35.7 Å². The van der Waals surface area contributed by atoms with E-state index in [1.165, 1.54) is 5.56 Å². The van der Waals surface area contributed by atoms with Crippen molar-refractivity contribution in [2.75, 3.05) is 0 Å². The van der Waals surface area contributed by atoms with E-state index in [0.29, 0.717) is 11.5 Å². The predicted octanol–water partition coefficient (Wildman–Crippen LogP) is 9.64. The zero-order chi connectivity index (χ0) is 30.6. The third-order valence-corrected chi connectivity index (χ3v) is 8.17. The minimum atomic E-state index is 0. The van der Waals surface area contributed by atoms with Crippen LogP contribution in [0.5, 0.6) is 11.5 Å². The van der Waals surface area contributed by atoms with Crippen molar-refractivity contribution in [1.82, 2.24) is 19.3 Å². The van der Waals surface area contributed by atoms with Gasteiger partial charge in [-0.3, -0.25) is 4.68 Å². The number of aromatic nitrogens is 4. The van der Waals surface area contributed by atoms with E-state index >= 15 is 0 Å². The summed E-state index contributed by atoms with van der Waals surface area (Å²) in [5.41, 5.74) is 9.44. The molecule has 0 atom stereocenters. The molecular weight excluding hydrogens is 647 g/mol. The largest absolute Gasteiger partial charge is 2.00 e. The smallest absolute Gasteiger partial charge is 0.509 e. The Balaban J connectivity index is 0.00000357. The van der Waals surface area contributed by atoms with Crippen molar-refractivity contribution >= 4 is 21.8 Å². The number of para-hydroxylation sites is 1. The van der Waals surface area contributed by atoms with Gasteiger partial charge >= 0.3 is 20.4 Å². The molecule has 3 heterocycles. The number of nitrogens with zero attached hydrogens (tertiary/aromatic N) is 4. The molecule has 226 valence electrons. The molecule has 3 aromatic heterocycles. The van der Waals surface area contributed by atoms with Crippen molar-refractivity contribution in [1.29, 1.82) is 0 Å². The molecule has 45 heavy (non-hydrogen) atoms. The van der Waals surface area contributed by atoms with E-state index in [9.17, 15) is 0 Å². The van der Waals surface area contributed by atoms with E-state index in [4.69, 9.17) is 14.8 Å². The molecule has 6 heteroatoms. The van der Waals surface area contributed by atoms with Gasteiger partial charge in [0.1, 0.15) is 5.82 Å². The number of hydrogen-bond acceptors (Lipinski definition) is 3. The van der Waals surface area contributed by atoms with Crippen LogP contribution in [-0.2, 0) is 25.8 Å². The molecule has 0 spiro atoms. The van der Waals surface area contributed by atoms with Gasteiger partial charge in [-0.1, -0.05) is 81.7 Å². The molecule has 0 aliphatic heterocycles. The van der Waals surface area contributed by atoms with Crippen LogP contribution in [0.3, 0.4) is 0 Å². The van der Waals surface area contributed by atoms with Gasteiger partial charge in [0.2, 0.25) is 0 Å². The Kier molecular flexibility index (Phi) is 7.99. The van der Waals surface area contributed by atoms with Crippen LogP contribution in [0, 0.1) is 32.9 Å². The van der Waals surface area contributed by atoms with Crippen LogP contribution in [-0.4, -0.2) is 19.3 Å². The van der Waals surface area contributed by atoms with Crippen LogP contribution in [0.15, 0.2) is 97.2 Å². The molecule has 0 fully saturated rings. The average Bonchev–Trinajstić information content (AvgIpc) is 3.49. The average molecular weight is 681 g/mol. The van der Waals surface area contributed by atoms with E-state index in [1.54, 1.807) is 0 Å². The summed E-state index contributed by atoms with van der Waals surface area (Å²) in [6.45, 7) is 12.9. The molecule has 0 unspecified atom stereocenters. The van der Waals surface area contributed by atoms with Crippen molar-refractivity contribution < 1.29 is 25.2 Å². The standard InChI is InChI=1S/C39H34N4O.Pd/c1-25-20-30(43-27(3)38(26(2)41-43)28-12-8-7-9-13-28)23-32(21-25)44-31-16-17-34-33-14-10-11-15-35(33)42(36(34)24-31)37-22-29(18-19-40-37)39(4,5)6;/h7-22H,1-6H3;/q-2;+2. The van der Waals surface area contributed by atoms with Crippen molar-refractivity contribution in [3.05, 3.63) is 132 Å². The molecule has 7 aromatic rings.